The van der Waals surface area contributed by atoms with Crippen LogP contribution in [0.1, 0.15) is 33.1 Å². The Morgan fingerprint density at radius 1 is 1.47 bits per heavy atom. The SMILES string of the molecule is C[N-]C(CC(C)C)C(=O)N1CCCC1C(N)=O. The lowest BCUT2D eigenvalue weighted by atomic mass is 10.0. The van der Waals surface area contributed by atoms with Crippen molar-refractivity contribution in [2.75, 3.05) is 13.6 Å². The smallest absolute Gasteiger partial charge is 0.240 e. The fourth-order valence-electron chi connectivity index (χ4n) is 2.28. The fraction of sp³-hybridized carbons (Fsp3) is 0.833. The minimum Gasteiger partial charge on any atom is -0.654 e. The third-order valence-corrected chi connectivity index (χ3v) is 3.16. The van der Waals surface area contributed by atoms with Crippen LogP contribution in [0.5, 0.6) is 0 Å². The first kappa shape index (κ1) is 14.0. The summed E-state index contributed by atoms with van der Waals surface area (Å²) in [5, 5.41) is 4.12. The van der Waals surface area contributed by atoms with Crippen molar-refractivity contribution in [3.05, 3.63) is 5.32 Å². The van der Waals surface area contributed by atoms with Gasteiger partial charge in [-0.3, -0.25) is 9.59 Å². The molecule has 1 fully saturated rings. The van der Waals surface area contributed by atoms with Gasteiger partial charge in [-0.2, -0.15) is 7.05 Å². The van der Waals surface area contributed by atoms with Crippen LogP contribution in [0.2, 0.25) is 0 Å². The van der Waals surface area contributed by atoms with E-state index in [-0.39, 0.29) is 11.9 Å². The molecule has 0 aromatic heterocycles. The van der Waals surface area contributed by atoms with Crippen LogP contribution in [0, 0.1) is 5.92 Å². The number of carbonyl (C=O) groups excluding carboxylic acids is 2. The molecule has 2 amide bonds. The zero-order valence-corrected chi connectivity index (χ0v) is 10.8. The molecule has 5 heteroatoms. The molecule has 0 bridgehead atoms. The fourth-order valence-corrected chi connectivity index (χ4v) is 2.28. The Hall–Kier alpha value is -1.10. The number of hydrogen-bond acceptors (Lipinski definition) is 2. The van der Waals surface area contributed by atoms with Crippen molar-refractivity contribution in [3.8, 4) is 0 Å². The third-order valence-electron chi connectivity index (χ3n) is 3.16. The molecule has 17 heavy (non-hydrogen) atoms. The lowest BCUT2D eigenvalue weighted by Crippen LogP contribution is -2.47. The van der Waals surface area contributed by atoms with E-state index in [4.69, 9.17) is 5.73 Å². The first-order valence-electron chi connectivity index (χ1n) is 6.16. The summed E-state index contributed by atoms with van der Waals surface area (Å²) in [5.74, 6) is -0.0555. The third kappa shape index (κ3) is 3.43. The Balaban J connectivity index is 2.69. The van der Waals surface area contributed by atoms with Crippen LogP contribution in [0.25, 0.3) is 5.32 Å². The van der Waals surface area contributed by atoms with Gasteiger partial charge in [-0.05, 0) is 18.8 Å². The molecule has 0 radical (unpaired) electrons. The molecule has 1 aliphatic rings. The largest absolute Gasteiger partial charge is 0.654 e. The number of nitrogens with two attached hydrogens (primary N) is 1. The monoisotopic (exact) mass is 240 g/mol. The van der Waals surface area contributed by atoms with Crippen molar-refractivity contribution in [3.63, 3.8) is 0 Å². The summed E-state index contributed by atoms with van der Waals surface area (Å²) in [6.45, 7) is 4.73. The summed E-state index contributed by atoms with van der Waals surface area (Å²) in [4.78, 5) is 25.1. The maximum atomic E-state index is 12.3. The van der Waals surface area contributed by atoms with Crippen molar-refractivity contribution >= 4 is 11.8 Å². The first-order valence-corrected chi connectivity index (χ1v) is 6.16. The van der Waals surface area contributed by atoms with E-state index in [9.17, 15) is 9.59 Å². The molecule has 0 aromatic carbocycles. The van der Waals surface area contributed by atoms with E-state index >= 15 is 0 Å². The average molecular weight is 240 g/mol. The van der Waals surface area contributed by atoms with Crippen LogP contribution in [0.4, 0.5) is 0 Å². The quantitative estimate of drug-likeness (QED) is 0.774. The summed E-state index contributed by atoms with van der Waals surface area (Å²) < 4.78 is 0. The number of hydrogen-bond donors (Lipinski definition) is 1. The zero-order chi connectivity index (χ0) is 13.0. The van der Waals surface area contributed by atoms with Gasteiger partial charge >= 0.3 is 0 Å². The number of likely N-dealkylation sites (N-methyl/N-ethyl adjacent to an activating group) is 1. The molecule has 0 spiro atoms. The molecule has 0 saturated carbocycles. The number of carbonyl (C=O) groups is 2. The lowest BCUT2D eigenvalue weighted by molar-refractivity contribution is -0.138. The van der Waals surface area contributed by atoms with E-state index in [0.717, 1.165) is 12.8 Å². The van der Waals surface area contributed by atoms with E-state index in [1.807, 2.05) is 0 Å². The van der Waals surface area contributed by atoms with Crippen molar-refractivity contribution < 1.29 is 9.59 Å². The Kier molecular flexibility index (Phi) is 4.93. The van der Waals surface area contributed by atoms with Crippen LogP contribution in [-0.4, -0.2) is 42.4 Å². The highest BCUT2D eigenvalue weighted by molar-refractivity contribution is 5.90. The molecule has 2 unspecified atom stereocenters. The molecule has 0 aromatic rings. The molecule has 2 N–H and O–H groups in total. The molecule has 98 valence electrons. The van der Waals surface area contributed by atoms with E-state index in [2.05, 4.69) is 19.2 Å². The molecule has 1 rings (SSSR count). The minimum absolute atomic E-state index is 0.0532. The van der Waals surface area contributed by atoms with Gasteiger partial charge in [0.15, 0.2) is 0 Å². The Morgan fingerprint density at radius 2 is 2.12 bits per heavy atom. The number of rotatable bonds is 5. The second kappa shape index (κ2) is 6.00. The molecular weight excluding hydrogens is 218 g/mol. The standard InChI is InChI=1S/C12H22N3O2/c1-8(2)7-9(14-3)12(17)15-6-4-5-10(15)11(13)16/h8-10H,4-7H2,1-3H3,(H2,13,16)/q-1. The van der Waals surface area contributed by atoms with E-state index in [0.29, 0.717) is 18.9 Å². The van der Waals surface area contributed by atoms with E-state index in [1.165, 1.54) is 0 Å². The Morgan fingerprint density at radius 3 is 2.59 bits per heavy atom. The number of nitrogens with zero attached hydrogens (tertiary/aromatic N) is 2. The highest BCUT2D eigenvalue weighted by Gasteiger charge is 2.33. The van der Waals surface area contributed by atoms with Gasteiger partial charge in [0.05, 0.1) is 0 Å². The highest BCUT2D eigenvalue weighted by Crippen LogP contribution is 2.22. The first-order chi connectivity index (χ1) is 7.97. The summed E-state index contributed by atoms with van der Waals surface area (Å²) in [5.41, 5.74) is 5.31. The van der Waals surface area contributed by atoms with Crippen molar-refractivity contribution in [2.45, 2.75) is 45.2 Å². The lowest BCUT2D eigenvalue weighted by Gasteiger charge is -2.34. The summed E-state index contributed by atoms with van der Waals surface area (Å²) >= 11 is 0. The maximum Gasteiger partial charge on any atom is 0.240 e. The summed E-state index contributed by atoms with van der Waals surface area (Å²) in [7, 11) is 1.65. The van der Waals surface area contributed by atoms with Crippen molar-refractivity contribution in [1.29, 1.82) is 0 Å². The van der Waals surface area contributed by atoms with E-state index < -0.39 is 11.9 Å². The molecule has 5 nitrogen and oxygen atoms in total. The highest BCUT2D eigenvalue weighted by atomic mass is 16.2. The van der Waals surface area contributed by atoms with Crippen molar-refractivity contribution in [1.82, 2.24) is 4.90 Å². The van der Waals surface area contributed by atoms with Crippen LogP contribution in [0.15, 0.2) is 0 Å². The van der Waals surface area contributed by atoms with Crippen LogP contribution in [-0.2, 0) is 9.59 Å². The van der Waals surface area contributed by atoms with Gasteiger partial charge in [0, 0.05) is 6.54 Å². The van der Waals surface area contributed by atoms with Gasteiger partial charge in [-0.25, -0.2) is 0 Å². The second-order valence-electron chi connectivity index (χ2n) is 5.00. The van der Waals surface area contributed by atoms with Crippen LogP contribution >= 0.6 is 0 Å². The number of primary amides is 1. The maximum absolute atomic E-state index is 12.3. The molecule has 2 atom stereocenters. The predicted octanol–water partition coefficient (Wildman–Crippen LogP) is 0.881. The zero-order valence-electron chi connectivity index (χ0n) is 10.8. The molecule has 1 saturated heterocycles. The average Bonchev–Trinajstić information content (AvgIpc) is 2.73. The van der Waals surface area contributed by atoms with Gasteiger partial charge in [-0.1, -0.05) is 26.3 Å². The predicted molar refractivity (Wildman–Crippen MR) is 66.5 cm³/mol. The Labute approximate surface area is 103 Å². The van der Waals surface area contributed by atoms with Crippen LogP contribution in [0.3, 0.4) is 0 Å². The normalized spacial score (nSPS) is 21.9. The van der Waals surface area contributed by atoms with Crippen LogP contribution < -0.4 is 5.73 Å². The summed E-state index contributed by atoms with van der Waals surface area (Å²) in [6, 6.07) is -0.770. The molecule has 1 heterocycles. The number of amides is 2. The van der Waals surface area contributed by atoms with Gasteiger partial charge in [0.1, 0.15) is 6.04 Å². The van der Waals surface area contributed by atoms with Gasteiger partial charge in [0.25, 0.3) is 0 Å². The Bertz CT molecular complexity index is 291. The minimum atomic E-state index is -0.432. The topological polar surface area (TPSA) is 77.5 Å². The number of likely N-dealkylation sites (tertiary alicyclic amines) is 1. The van der Waals surface area contributed by atoms with Gasteiger partial charge < -0.3 is 16.0 Å². The molecular formula is C12H22N3O2-. The van der Waals surface area contributed by atoms with Crippen molar-refractivity contribution in [2.24, 2.45) is 11.7 Å². The second-order valence-corrected chi connectivity index (χ2v) is 5.00. The summed E-state index contributed by atoms with van der Waals surface area (Å²) in [6.07, 6.45) is 2.24. The van der Waals surface area contributed by atoms with E-state index in [1.54, 1.807) is 11.9 Å². The van der Waals surface area contributed by atoms with Gasteiger partial charge in [0.2, 0.25) is 11.8 Å². The molecule has 0 aliphatic carbocycles. The van der Waals surface area contributed by atoms with Gasteiger partial charge in [-0.15, -0.1) is 0 Å². The molecule has 1 aliphatic heterocycles.